The Morgan fingerprint density at radius 3 is 0.793 bits per heavy atom. The van der Waals surface area contributed by atoms with E-state index in [0.29, 0.717) is 19.3 Å². The molecule has 0 aromatic heterocycles. The molecule has 0 amide bonds. The molecule has 0 spiro atoms. The number of hydrogen-bond donors (Lipinski definition) is 0. The summed E-state index contributed by atoms with van der Waals surface area (Å²) < 4.78 is 16.9. The van der Waals surface area contributed by atoms with Gasteiger partial charge in [0.15, 0.2) is 6.10 Å². The van der Waals surface area contributed by atoms with Crippen LogP contribution < -0.4 is 0 Å². The Morgan fingerprint density at radius 1 is 0.256 bits per heavy atom. The molecule has 0 aromatic rings. The highest BCUT2D eigenvalue weighted by molar-refractivity contribution is 5.71. The van der Waals surface area contributed by atoms with Crippen molar-refractivity contribution in [1.82, 2.24) is 0 Å². The van der Waals surface area contributed by atoms with E-state index < -0.39 is 6.10 Å². The Bertz CT molecular complexity index is 1640. The summed E-state index contributed by atoms with van der Waals surface area (Å²) in [4.78, 5) is 38.3. The zero-order valence-corrected chi connectivity index (χ0v) is 54.0. The molecule has 1 unspecified atom stereocenters. The SMILES string of the molecule is CC/C=C\C/C=C\C/C=C\C/C=C\C/C=C\C/C=C\C/C=C\C/C=C\CCCCCCCCCCC(=O)OCC(COC(=O)CCCCCCC/C=C\CCCC)OC(=O)CCCCCCCCCCCCCCCCCCCCCC. The van der Waals surface area contributed by atoms with E-state index in [2.05, 4.69) is 130 Å². The van der Waals surface area contributed by atoms with Crippen LogP contribution in [-0.2, 0) is 28.6 Å². The van der Waals surface area contributed by atoms with E-state index in [0.717, 1.165) is 122 Å². The average molecular weight is 1140 g/mol. The summed E-state index contributed by atoms with van der Waals surface area (Å²) in [7, 11) is 0. The predicted octanol–water partition coefficient (Wildman–Crippen LogP) is 24.2. The lowest BCUT2D eigenvalue weighted by Gasteiger charge is -2.18. The normalized spacial score (nSPS) is 12.8. The van der Waals surface area contributed by atoms with Gasteiger partial charge < -0.3 is 14.2 Å². The average Bonchev–Trinajstić information content (AvgIpc) is 3.47. The summed E-state index contributed by atoms with van der Waals surface area (Å²) in [5, 5.41) is 0. The van der Waals surface area contributed by atoms with Gasteiger partial charge in [0, 0.05) is 19.3 Å². The third kappa shape index (κ3) is 66.9. The van der Waals surface area contributed by atoms with Crippen LogP contribution in [0.2, 0.25) is 0 Å². The van der Waals surface area contributed by atoms with Gasteiger partial charge in [-0.25, -0.2) is 0 Å². The van der Waals surface area contributed by atoms with Crippen molar-refractivity contribution >= 4 is 17.9 Å². The molecule has 0 heterocycles. The number of ether oxygens (including phenoxy) is 3. The summed E-state index contributed by atoms with van der Waals surface area (Å²) in [5.41, 5.74) is 0. The molecular formula is C76H130O6. The van der Waals surface area contributed by atoms with Crippen molar-refractivity contribution < 1.29 is 28.6 Å². The van der Waals surface area contributed by atoms with Gasteiger partial charge in [0.2, 0.25) is 0 Å². The second-order valence-electron chi connectivity index (χ2n) is 23.1. The quantitative estimate of drug-likeness (QED) is 0.0261. The monoisotopic (exact) mass is 1140 g/mol. The lowest BCUT2D eigenvalue weighted by Crippen LogP contribution is -2.30. The maximum Gasteiger partial charge on any atom is 0.306 e. The van der Waals surface area contributed by atoms with Gasteiger partial charge in [0.05, 0.1) is 0 Å². The molecule has 1 atom stereocenters. The topological polar surface area (TPSA) is 78.9 Å². The number of hydrogen-bond acceptors (Lipinski definition) is 6. The minimum absolute atomic E-state index is 0.0819. The maximum absolute atomic E-state index is 12.9. The fourth-order valence-corrected chi connectivity index (χ4v) is 9.79. The van der Waals surface area contributed by atoms with E-state index in [-0.39, 0.29) is 31.1 Å². The van der Waals surface area contributed by atoms with Crippen LogP contribution in [0.15, 0.2) is 109 Å². The largest absolute Gasteiger partial charge is 0.462 e. The number of carbonyl (C=O) groups is 3. The molecule has 470 valence electrons. The lowest BCUT2D eigenvalue weighted by atomic mass is 10.0. The van der Waals surface area contributed by atoms with Crippen molar-refractivity contribution in [3.63, 3.8) is 0 Å². The molecule has 6 heteroatoms. The van der Waals surface area contributed by atoms with Crippen molar-refractivity contribution in [3.8, 4) is 0 Å². The molecule has 0 N–H and O–H groups in total. The lowest BCUT2D eigenvalue weighted by molar-refractivity contribution is -0.167. The van der Waals surface area contributed by atoms with Crippen LogP contribution in [-0.4, -0.2) is 37.2 Å². The Balaban J connectivity index is 4.24. The third-order valence-electron chi connectivity index (χ3n) is 15.0. The number of unbranched alkanes of at least 4 members (excludes halogenated alkanes) is 34. The Labute approximate surface area is 508 Å². The van der Waals surface area contributed by atoms with Crippen molar-refractivity contribution in [2.45, 2.75) is 341 Å². The van der Waals surface area contributed by atoms with Crippen molar-refractivity contribution in [1.29, 1.82) is 0 Å². The molecule has 82 heavy (non-hydrogen) atoms. The van der Waals surface area contributed by atoms with E-state index in [9.17, 15) is 14.4 Å². The molecule has 0 radical (unpaired) electrons. The van der Waals surface area contributed by atoms with Gasteiger partial charge in [-0.3, -0.25) is 14.4 Å². The Kier molecular flexibility index (Phi) is 66.2. The Morgan fingerprint density at radius 2 is 0.488 bits per heavy atom. The van der Waals surface area contributed by atoms with Gasteiger partial charge in [0.25, 0.3) is 0 Å². The fraction of sp³-hybridized carbons (Fsp3) is 0.724. The first-order valence-corrected chi connectivity index (χ1v) is 34.9. The van der Waals surface area contributed by atoms with Crippen LogP contribution in [0.5, 0.6) is 0 Å². The van der Waals surface area contributed by atoms with Crippen molar-refractivity contribution in [3.05, 3.63) is 109 Å². The predicted molar refractivity (Wildman–Crippen MR) is 357 cm³/mol. The molecule has 6 nitrogen and oxygen atoms in total. The van der Waals surface area contributed by atoms with Crippen LogP contribution >= 0.6 is 0 Å². The third-order valence-corrected chi connectivity index (χ3v) is 15.0. The highest BCUT2D eigenvalue weighted by atomic mass is 16.6. The zero-order chi connectivity index (χ0) is 59.2. The number of esters is 3. The van der Waals surface area contributed by atoms with Gasteiger partial charge in [-0.15, -0.1) is 0 Å². The van der Waals surface area contributed by atoms with Gasteiger partial charge in [-0.1, -0.05) is 323 Å². The van der Waals surface area contributed by atoms with E-state index in [4.69, 9.17) is 14.2 Å². The smallest absolute Gasteiger partial charge is 0.306 e. The number of rotatable bonds is 63. The van der Waals surface area contributed by atoms with Crippen LogP contribution in [0.4, 0.5) is 0 Å². The molecule has 0 aromatic carbocycles. The molecular weight excluding hydrogens is 1010 g/mol. The van der Waals surface area contributed by atoms with E-state index in [1.165, 1.54) is 173 Å². The van der Waals surface area contributed by atoms with Crippen LogP contribution in [0.1, 0.15) is 335 Å². The number of carbonyl (C=O) groups excluding carboxylic acids is 3. The molecule has 0 aliphatic heterocycles. The summed E-state index contributed by atoms with van der Waals surface area (Å²) in [6, 6.07) is 0. The standard InChI is InChI=1S/C76H130O6/c1-4-7-10-13-16-19-22-24-26-28-30-32-33-34-35-36-37-38-39-40-41-42-43-44-46-47-49-51-54-57-60-63-66-69-75(78)81-72-73(71-80-74(77)68-65-62-59-56-53-21-18-15-12-9-6-3)82-76(79)70-67-64-61-58-55-52-50-48-45-31-29-27-25-23-20-17-14-11-8-5-2/h7,10,15-16,18-19,24,26,30,32,34-35,37-38,40-41,43-44,73H,4-6,8-9,11-14,17,20-23,25,27-29,31,33,36,39,42,45-72H2,1-3H3/b10-7-,18-15-,19-16-,26-24-,32-30-,35-34-,38-37-,41-40-,44-43-. The van der Waals surface area contributed by atoms with Crippen LogP contribution in [0, 0.1) is 0 Å². The summed E-state index contributed by atoms with van der Waals surface area (Å²) >= 11 is 0. The van der Waals surface area contributed by atoms with Crippen LogP contribution in [0.3, 0.4) is 0 Å². The summed E-state index contributed by atoms with van der Waals surface area (Å²) in [5.74, 6) is -0.886. The maximum atomic E-state index is 12.9. The van der Waals surface area contributed by atoms with Gasteiger partial charge in [0.1, 0.15) is 13.2 Å². The summed E-state index contributed by atoms with van der Waals surface area (Å²) in [6.07, 6.45) is 95.4. The minimum Gasteiger partial charge on any atom is -0.462 e. The molecule has 0 fully saturated rings. The molecule has 0 aliphatic carbocycles. The van der Waals surface area contributed by atoms with Crippen molar-refractivity contribution in [2.75, 3.05) is 13.2 Å². The number of allylic oxidation sites excluding steroid dienone is 18. The zero-order valence-electron chi connectivity index (χ0n) is 54.0. The molecule has 0 saturated heterocycles. The van der Waals surface area contributed by atoms with Gasteiger partial charge in [-0.05, 0) is 103 Å². The molecule has 0 rings (SSSR count). The van der Waals surface area contributed by atoms with Gasteiger partial charge in [-0.2, -0.15) is 0 Å². The second-order valence-corrected chi connectivity index (χ2v) is 23.1. The molecule has 0 saturated carbocycles. The van der Waals surface area contributed by atoms with E-state index >= 15 is 0 Å². The van der Waals surface area contributed by atoms with Crippen molar-refractivity contribution in [2.24, 2.45) is 0 Å². The first kappa shape index (κ1) is 78.1. The minimum atomic E-state index is -0.784. The highest BCUT2D eigenvalue weighted by Gasteiger charge is 2.19. The van der Waals surface area contributed by atoms with Crippen LogP contribution in [0.25, 0.3) is 0 Å². The van der Waals surface area contributed by atoms with E-state index in [1.807, 2.05) is 0 Å². The molecule has 0 aliphatic rings. The first-order chi connectivity index (χ1) is 40.5. The fourth-order valence-electron chi connectivity index (χ4n) is 9.79. The molecule has 0 bridgehead atoms. The van der Waals surface area contributed by atoms with E-state index in [1.54, 1.807) is 0 Å². The highest BCUT2D eigenvalue weighted by Crippen LogP contribution is 2.17. The second kappa shape index (κ2) is 69.6. The first-order valence-electron chi connectivity index (χ1n) is 34.9. The summed E-state index contributed by atoms with van der Waals surface area (Å²) in [6.45, 7) is 6.51. The Hall–Kier alpha value is -3.93. The van der Waals surface area contributed by atoms with Gasteiger partial charge >= 0.3 is 17.9 Å².